The molecule has 0 atom stereocenters. The van der Waals surface area contributed by atoms with Crippen LogP contribution in [0.1, 0.15) is 12.5 Å². The quantitative estimate of drug-likeness (QED) is 0.836. The van der Waals surface area contributed by atoms with E-state index in [1.807, 2.05) is 5.48 Å². The molecule has 0 heterocycles. The second kappa shape index (κ2) is 6.23. The largest absolute Gasteiger partial charge is 0.492 e. The monoisotopic (exact) mass is 311 g/mol. The summed E-state index contributed by atoms with van der Waals surface area (Å²) in [5.74, 6) is -2.39. The molecule has 1 aromatic carbocycles. The zero-order chi connectivity index (χ0) is 15.4. The highest BCUT2D eigenvalue weighted by molar-refractivity contribution is 7.91. The minimum absolute atomic E-state index is 0.0478. The summed E-state index contributed by atoms with van der Waals surface area (Å²) in [4.78, 5) is 14.3. The third kappa shape index (κ3) is 4.49. The minimum atomic E-state index is -5.06. The van der Waals surface area contributed by atoms with Crippen molar-refractivity contribution in [2.45, 2.75) is 24.5 Å². The molecule has 0 saturated carbocycles. The zero-order valence-electron chi connectivity index (χ0n) is 10.4. The van der Waals surface area contributed by atoms with E-state index in [-0.39, 0.29) is 17.2 Å². The topological polar surface area (TPSA) is 72.5 Å². The Balaban J connectivity index is 2.58. The predicted octanol–water partition coefficient (Wildman–Crippen LogP) is 1.59. The van der Waals surface area contributed by atoms with Crippen LogP contribution in [0.15, 0.2) is 29.2 Å². The normalized spacial score (nSPS) is 12.2. The molecule has 0 aliphatic rings. The number of hydrogen-bond donors (Lipinski definition) is 1. The van der Waals surface area contributed by atoms with E-state index in [1.54, 1.807) is 0 Å². The van der Waals surface area contributed by atoms with Gasteiger partial charge in [-0.2, -0.15) is 13.2 Å². The number of nitrogens with one attached hydrogen (secondary N) is 1. The molecular formula is C11H12F3NO4S. The number of alkyl halides is 3. The van der Waals surface area contributed by atoms with Crippen molar-refractivity contribution in [3.63, 3.8) is 0 Å². The van der Waals surface area contributed by atoms with E-state index < -0.39 is 22.0 Å². The van der Waals surface area contributed by atoms with Gasteiger partial charge in [-0.25, -0.2) is 13.2 Å². The van der Waals surface area contributed by atoms with Gasteiger partial charge in [0.15, 0.2) is 9.84 Å². The number of carbonyl (C=O) groups is 1. The van der Waals surface area contributed by atoms with Gasteiger partial charge in [-0.1, -0.05) is 19.1 Å². The first-order valence-electron chi connectivity index (χ1n) is 5.49. The Morgan fingerprint density at radius 2 is 1.80 bits per heavy atom. The van der Waals surface area contributed by atoms with Crippen molar-refractivity contribution in [1.29, 1.82) is 0 Å². The molecule has 1 N–H and O–H groups in total. The molecule has 0 aromatic heterocycles. The molecule has 0 amide bonds. The van der Waals surface area contributed by atoms with Crippen LogP contribution in [-0.4, -0.2) is 26.3 Å². The van der Waals surface area contributed by atoms with Gasteiger partial charge in [-0.15, -0.1) is 5.48 Å². The van der Waals surface area contributed by atoms with Crippen molar-refractivity contribution < 1.29 is 31.2 Å². The van der Waals surface area contributed by atoms with Crippen LogP contribution in [0, 0.1) is 0 Å². The Kier molecular flexibility index (Phi) is 5.12. The highest BCUT2D eigenvalue weighted by Crippen LogP contribution is 2.16. The van der Waals surface area contributed by atoms with Gasteiger partial charge in [0.05, 0.1) is 17.2 Å². The van der Waals surface area contributed by atoms with E-state index >= 15 is 0 Å². The van der Waals surface area contributed by atoms with Crippen LogP contribution in [0.25, 0.3) is 0 Å². The van der Waals surface area contributed by atoms with Crippen LogP contribution in [0.4, 0.5) is 13.2 Å². The minimum Gasteiger partial charge on any atom is -0.363 e. The Labute approximate surface area is 113 Å². The van der Waals surface area contributed by atoms with Gasteiger partial charge in [-0.05, 0) is 17.7 Å². The lowest BCUT2D eigenvalue weighted by atomic mass is 10.2. The third-order valence-corrected chi connectivity index (χ3v) is 4.09. The number of hydrogen-bond acceptors (Lipinski definition) is 5. The smallest absolute Gasteiger partial charge is 0.363 e. The van der Waals surface area contributed by atoms with Crippen molar-refractivity contribution in [2.24, 2.45) is 0 Å². The van der Waals surface area contributed by atoms with E-state index in [9.17, 15) is 26.4 Å². The van der Waals surface area contributed by atoms with Crippen LogP contribution in [0.5, 0.6) is 0 Å². The number of halogens is 3. The van der Waals surface area contributed by atoms with Gasteiger partial charge in [-0.3, -0.25) is 0 Å². The van der Waals surface area contributed by atoms with Gasteiger partial charge < -0.3 is 4.84 Å². The molecule has 20 heavy (non-hydrogen) atoms. The maximum Gasteiger partial charge on any atom is 0.492 e. The fraction of sp³-hybridized carbons (Fsp3) is 0.364. The van der Waals surface area contributed by atoms with Crippen LogP contribution in [-0.2, 0) is 26.0 Å². The van der Waals surface area contributed by atoms with Crippen LogP contribution < -0.4 is 5.48 Å². The highest BCUT2D eigenvalue weighted by Gasteiger charge is 2.41. The molecule has 1 rings (SSSR count). The fourth-order valence-corrected chi connectivity index (χ4v) is 2.11. The summed E-state index contributed by atoms with van der Waals surface area (Å²) in [5, 5.41) is 0. The average molecular weight is 311 g/mol. The lowest BCUT2D eigenvalue weighted by Gasteiger charge is -2.08. The summed E-state index contributed by atoms with van der Waals surface area (Å²) in [6.45, 7) is 1.33. The number of rotatable bonds is 5. The second-order valence-electron chi connectivity index (χ2n) is 3.76. The Hall–Kier alpha value is -1.61. The molecule has 0 radical (unpaired) electrons. The van der Waals surface area contributed by atoms with Crippen molar-refractivity contribution in [2.75, 3.05) is 5.75 Å². The third-order valence-electron chi connectivity index (χ3n) is 2.34. The molecule has 0 aliphatic carbocycles. The number of benzene rings is 1. The summed E-state index contributed by atoms with van der Waals surface area (Å²) in [5.41, 5.74) is 2.33. The lowest BCUT2D eigenvalue weighted by molar-refractivity contribution is -0.207. The number of hydroxylamine groups is 1. The van der Waals surface area contributed by atoms with Gasteiger partial charge in [0.2, 0.25) is 0 Å². The highest BCUT2D eigenvalue weighted by atomic mass is 32.2. The Morgan fingerprint density at radius 1 is 1.25 bits per heavy atom. The number of sulfone groups is 1. The maximum absolute atomic E-state index is 11.8. The van der Waals surface area contributed by atoms with Crippen molar-refractivity contribution in [1.82, 2.24) is 5.48 Å². The molecule has 1 aromatic rings. The molecule has 5 nitrogen and oxygen atoms in total. The van der Waals surface area contributed by atoms with Gasteiger partial charge >= 0.3 is 12.1 Å². The fourth-order valence-electron chi connectivity index (χ4n) is 1.22. The zero-order valence-corrected chi connectivity index (χ0v) is 11.2. The summed E-state index contributed by atoms with van der Waals surface area (Å²) in [6.07, 6.45) is -5.06. The SMILES string of the molecule is CCS(=O)(=O)c1ccc(CNOC(=O)C(F)(F)F)cc1. The summed E-state index contributed by atoms with van der Waals surface area (Å²) < 4.78 is 58.5. The van der Waals surface area contributed by atoms with E-state index in [0.29, 0.717) is 5.56 Å². The first kappa shape index (κ1) is 16.4. The molecule has 0 bridgehead atoms. The van der Waals surface area contributed by atoms with Gasteiger partial charge in [0.25, 0.3) is 0 Å². The van der Waals surface area contributed by atoms with Crippen LogP contribution >= 0.6 is 0 Å². The summed E-state index contributed by atoms with van der Waals surface area (Å²) in [7, 11) is -3.32. The number of carbonyl (C=O) groups excluding carboxylic acids is 1. The van der Waals surface area contributed by atoms with Crippen molar-refractivity contribution in [3.05, 3.63) is 29.8 Å². The van der Waals surface area contributed by atoms with Gasteiger partial charge in [0, 0.05) is 0 Å². The van der Waals surface area contributed by atoms with E-state index in [4.69, 9.17) is 0 Å². The molecule has 112 valence electrons. The molecular weight excluding hydrogens is 299 g/mol. The second-order valence-corrected chi connectivity index (χ2v) is 6.03. The van der Waals surface area contributed by atoms with E-state index in [2.05, 4.69) is 4.84 Å². The van der Waals surface area contributed by atoms with Crippen molar-refractivity contribution in [3.8, 4) is 0 Å². The average Bonchev–Trinajstić information content (AvgIpc) is 2.38. The Morgan fingerprint density at radius 3 is 2.25 bits per heavy atom. The standard InChI is InChI=1S/C11H12F3NO4S/c1-2-20(17,18)9-5-3-8(4-6-9)7-15-19-10(16)11(12,13)14/h3-6,15H,2,7H2,1H3. The molecule has 0 saturated heterocycles. The summed E-state index contributed by atoms with van der Waals surface area (Å²) >= 11 is 0. The molecule has 0 fully saturated rings. The Bertz CT molecular complexity index is 566. The first-order chi connectivity index (χ1) is 9.16. The molecule has 0 aliphatic heterocycles. The maximum atomic E-state index is 11.8. The first-order valence-corrected chi connectivity index (χ1v) is 7.14. The predicted molar refractivity (Wildman–Crippen MR) is 63.2 cm³/mol. The molecule has 0 unspecified atom stereocenters. The van der Waals surface area contributed by atoms with Gasteiger partial charge in [0.1, 0.15) is 0 Å². The van der Waals surface area contributed by atoms with E-state index in [0.717, 1.165) is 0 Å². The molecule has 9 heteroatoms. The van der Waals surface area contributed by atoms with Crippen LogP contribution in [0.2, 0.25) is 0 Å². The summed E-state index contributed by atoms with van der Waals surface area (Å²) in [6, 6.07) is 5.50. The van der Waals surface area contributed by atoms with E-state index in [1.165, 1.54) is 31.2 Å². The molecule has 0 spiro atoms. The van der Waals surface area contributed by atoms with Crippen LogP contribution in [0.3, 0.4) is 0 Å². The lowest BCUT2D eigenvalue weighted by Crippen LogP contribution is -2.31. The van der Waals surface area contributed by atoms with Crippen molar-refractivity contribution >= 4 is 15.8 Å².